The van der Waals surface area contributed by atoms with Crippen LogP contribution < -0.4 is 4.90 Å². The minimum atomic E-state index is 0.271. The number of rotatable bonds is 1. The normalized spacial score (nSPS) is 18.2. The summed E-state index contributed by atoms with van der Waals surface area (Å²) in [5, 5.41) is 8.28. The zero-order valence-electron chi connectivity index (χ0n) is 8.45. The smallest absolute Gasteiger partial charge is 0.172 e. The van der Waals surface area contributed by atoms with Crippen LogP contribution in [0.4, 0.5) is 5.69 Å². The fourth-order valence-electron chi connectivity index (χ4n) is 1.61. The number of nitrogens with zero attached hydrogens (tertiary/aromatic N) is 4. The molecular weight excluding hydrogens is 235 g/mol. The molecule has 4 nitrogen and oxygen atoms in total. The minimum Gasteiger partial charge on any atom is -0.366 e. The molecule has 1 fully saturated rings. The molecule has 82 valence electrons. The molecule has 1 aromatic rings. The average Bonchev–Trinajstić information content (AvgIpc) is 2.24. The Hall–Kier alpha value is -0.580. The lowest BCUT2D eigenvalue weighted by Gasteiger charge is -2.34. The summed E-state index contributed by atoms with van der Waals surface area (Å²) in [4.78, 5) is 4.46. The molecule has 1 saturated heterocycles. The highest BCUT2D eigenvalue weighted by Crippen LogP contribution is 2.30. The van der Waals surface area contributed by atoms with Gasteiger partial charge in [-0.15, -0.1) is 5.10 Å². The van der Waals surface area contributed by atoms with Crippen LogP contribution in [0.3, 0.4) is 0 Å². The molecule has 1 aliphatic rings. The maximum absolute atomic E-state index is 6.07. The topological polar surface area (TPSA) is 32.3 Å². The van der Waals surface area contributed by atoms with Crippen molar-refractivity contribution in [1.82, 2.24) is 15.1 Å². The summed E-state index contributed by atoms with van der Waals surface area (Å²) in [5.74, 6) is 0. The largest absolute Gasteiger partial charge is 0.366 e. The summed E-state index contributed by atoms with van der Waals surface area (Å²) in [6, 6.07) is 0. The van der Waals surface area contributed by atoms with Gasteiger partial charge in [0.15, 0.2) is 5.15 Å². The first-order valence-electron chi connectivity index (χ1n) is 4.78. The maximum atomic E-state index is 6.07. The van der Waals surface area contributed by atoms with Crippen molar-refractivity contribution in [2.75, 3.05) is 38.1 Å². The molecule has 1 aromatic heterocycles. The van der Waals surface area contributed by atoms with Crippen molar-refractivity contribution in [3.8, 4) is 0 Å². The van der Waals surface area contributed by atoms with Gasteiger partial charge in [-0.25, -0.2) is 0 Å². The zero-order chi connectivity index (χ0) is 10.8. The van der Waals surface area contributed by atoms with Crippen molar-refractivity contribution in [2.24, 2.45) is 0 Å². The number of anilines is 1. The van der Waals surface area contributed by atoms with Gasteiger partial charge < -0.3 is 9.80 Å². The molecule has 0 atom stereocenters. The summed E-state index contributed by atoms with van der Waals surface area (Å²) in [6.45, 7) is 3.93. The Bertz CT molecular complexity index is 350. The Morgan fingerprint density at radius 1 is 1.20 bits per heavy atom. The molecule has 0 amide bonds. The Morgan fingerprint density at radius 2 is 1.87 bits per heavy atom. The Morgan fingerprint density at radius 3 is 2.53 bits per heavy atom. The van der Waals surface area contributed by atoms with Crippen molar-refractivity contribution >= 4 is 28.9 Å². The van der Waals surface area contributed by atoms with E-state index in [-0.39, 0.29) is 5.15 Å². The second-order valence-electron chi connectivity index (χ2n) is 3.62. The van der Waals surface area contributed by atoms with Gasteiger partial charge in [-0.3, -0.25) is 0 Å². The molecule has 0 spiro atoms. The van der Waals surface area contributed by atoms with Crippen LogP contribution in [0.1, 0.15) is 0 Å². The molecule has 1 aliphatic heterocycles. The second kappa shape index (κ2) is 4.51. The minimum absolute atomic E-state index is 0.271. The molecule has 2 rings (SSSR count). The molecule has 0 aromatic carbocycles. The summed E-state index contributed by atoms with van der Waals surface area (Å²) in [5.41, 5.74) is 0.879. The predicted molar refractivity (Wildman–Crippen MR) is 61.8 cm³/mol. The molecule has 0 radical (unpaired) electrons. The first-order valence-corrected chi connectivity index (χ1v) is 5.54. The third-order valence-electron chi connectivity index (χ3n) is 2.58. The van der Waals surface area contributed by atoms with Crippen molar-refractivity contribution in [3.63, 3.8) is 0 Å². The molecule has 6 heteroatoms. The molecule has 0 aliphatic carbocycles. The highest BCUT2D eigenvalue weighted by atomic mass is 35.5. The van der Waals surface area contributed by atoms with Crippen LogP contribution in [0, 0.1) is 0 Å². The SMILES string of the molecule is CN1CCN(c2cnnc(Cl)c2Cl)CC1. The summed E-state index contributed by atoms with van der Waals surface area (Å²) < 4.78 is 0. The van der Waals surface area contributed by atoms with Gasteiger partial charge in [-0.05, 0) is 7.05 Å². The first kappa shape index (κ1) is 10.9. The van der Waals surface area contributed by atoms with E-state index < -0.39 is 0 Å². The van der Waals surface area contributed by atoms with Crippen LogP contribution in [-0.2, 0) is 0 Å². The Labute approximate surface area is 98.8 Å². The number of hydrogen-bond acceptors (Lipinski definition) is 4. The van der Waals surface area contributed by atoms with Crippen LogP contribution in [0.5, 0.6) is 0 Å². The summed E-state index contributed by atoms with van der Waals surface area (Å²) >= 11 is 11.9. The Kier molecular flexibility index (Phi) is 3.29. The third kappa shape index (κ3) is 2.33. The van der Waals surface area contributed by atoms with Gasteiger partial charge in [0.2, 0.25) is 0 Å². The van der Waals surface area contributed by atoms with E-state index in [1.165, 1.54) is 0 Å². The van der Waals surface area contributed by atoms with Gasteiger partial charge in [0, 0.05) is 26.2 Å². The van der Waals surface area contributed by atoms with Gasteiger partial charge in [-0.1, -0.05) is 23.2 Å². The van der Waals surface area contributed by atoms with Crippen LogP contribution in [0.25, 0.3) is 0 Å². The molecule has 2 heterocycles. The van der Waals surface area contributed by atoms with E-state index in [4.69, 9.17) is 23.2 Å². The highest BCUT2D eigenvalue weighted by molar-refractivity contribution is 6.42. The van der Waals surface area contributed by atoms with Crippen molar-refractivity contribution in [2.45, 2.75) is 0 Å². The second-order valence-corrected chi connectivity index (χ2v) is 4.36. The molecule has 0 bridgehead atoms. The average molecular weight is 247 g/mol. The molecule has 0 unspecified atom stereocenters. The first-order chi connectivity index (χ1) is 7.18. The van der Waals surface area contributed by atoms with Crippen LogP contribution in [0.2, 0.25) is 10.2 Å². The molecular formula is C9H12Cl2N4. The van der Waals surface area contributed by atoms with Gasteiger partial charge in [0.1, 0.15) is 5.02 Å². The van der Waals surface area contributed by atoms with E-state index >= 15 is 0 Å². The zero-order valence-corrected chi connectivity index (χ0v) is 9.96. The number of hydrogen-bond donors (Lipinski definition) is 0. The van der Waals surface area contributed by atoms with Crippen molar-refractivity contribution in [3.05, 3.63) is 16.4 Å². The quantitative estimate of drug-likeness (QED) is 0.753. The van der Waals surface area contributed by atoms with E-state index in [0.717, 1.165) is 31.9 Å². The lowest BCUT2D eigenvalue weighted by Crippen LogP contribution is -2.44. The number of piperazine rings is 1. The highest BCUT2D eigenvalue weighted by Gasteiger charge is 2.18. The van der Waals surface area contributed by atoms with E-state index in [0.29, 0.717) is 5.02 Å². The van der Waals surface area contributed by atoms with E-state index in [2.05, 4.69) is 27.0 Å². The van der Waals surface area contributed by atoms with Crippen molar-refractivity contribution in [1.29, 1.82) is 0 Å². The third-order valence-corrected chi connectivity index (χ3v) is 3.31. The van der Waals surface area contributed by atoms with Crippen LogP contribution >= 0.6 is 23.2 Å². The van der Waals surface area contributed by atoms with E-state index in [1.807, 2.05) is 0 Å². The summed E-state index contributed by atoms with van der Waals surface area (Å²) in [6.07, 6.45) is 1.67. The fraction of sp³-hybridized carbons (Fsp3) is 0.556. The standard InChI is InChI=1S/C9H12Cl2N4/c1-14-2-4-15(5-3-14)7-6-12-13-9(11)8(7)10/h6H,2-5H2,1H3. The van der Waals surface area contributed by atoms with Crippen molar-refractivity contribution < 1.29 is 0 Å². The van der Waals surface area contributed by atoms with Crippen LogP contribution in [0.15, 0.2) is 6.20 Å². The van der Waals surface area contributed by atoms with E-state index in [9.17, 15) is 0 Å². The summed E-state index contributed by atoms with van der Waals surface area (Å²) in [7, 11) is 2.11. The molecule has 0 N–H and O–H groups in total. The molecule has 15 heavy (non-hydrogen) atoms. The number of likely N-dealkylation sites (N-methyl/N-ethyl adjacent to an activating group) is 1. The van der Waals surface area contributed by atoms with Gasteiger partial charge in [-0.2, -0.15) is 5.10 Å². The lowest BCUT2D eigenvalue weighted by molar-refractivity contribution is 0.312. The number of halogens is 2. The van der Waals surface area contributed by atoms with Gasteiger partial charge >= 0.3 is 0 Å². The van der Waals surface area contributed by atoms with Crippen LogP contribution in [-0.4, -0.2) is 48.3 Å². The predicted octanol–water partition coefficient (Wildman–Crippen LogP) is 1.54. The Balaban J connectivity index is 2.19. The van der Waals surface area contributed by atoms with Gasteiger partial charge in [0.05, 0.1) is 11.9 Å². The molecule has 0 saturated carbocycles. The fourth-order valence-corrected chi connectivity index (χ4v) is 1.95. The monoisotopic (exact) mass is 246 g/mol. The lowest BCUT2D eigenvalue weighted by atomic mass is 10.3. The van der Waals surface area contributed by atoms with Gasteiger partial charge in [0.25, 0.3) is 0 Å². The van der Waals surface area contributed by atoms with E-state index in [1.54, 1.807) is 6.20 Å². The number of aromatic nitrogens is 2. The maximum Gasteiger partial charge on any atom is 0.172 e.